The van der Waals surface area contributed by atoms with E-state index in [0.717, 1.165) is 12.1 Å². The first-order valence-electron chi connectivity index (χ1n) is 7.52. The van der Waals surface area contributed by atoms with Gasteiger partial charge in [-0.3, -0.25) is 4.79 Å². The molecule has 0 spiro atoms. The van der Waals surface area contributed by atoms with Gasteiger partial charge < -0.3 is 10.4 Å². The third kappa shape index (κ3) is 5.38. The maximum Gasteiger partial charge on any atom is 0.416 e. The Morgan fingerprint density at radius 2 is 1.67 bits per heavy atom. The number of carbonyl (C=O) groups excluding carboxylic acids is 1. The molecule has 2 aromatic rings. The van der Waals surface area contributed by atoms with Gasteiger partial charge in [-0.1, -0.05) is 42.5 Å². The van der Waals surface area contributed by atoms with Crippen molar-refractivity contribution in [3.63, 3.8) is 0 Å². The first-order chi connectivity index (χ1) is 11.4. The molecule has 3 nitrogen and oxygen atoms in total. The van der Waals surface area contributed by atoms with E-state index >= 15 is 0 Å². The monoisotopic (exact) mass is 337 g/mol. The van der Waals surface area contributed by atoms with E-state index in [1.165, 1.54) is 12.1 Å². The summed E-state index contributed by atoms with van der Waals surface area (Å²) in [4.78, 5) is 11.8. The minimum atomic E-state index is -4.35. The minimum absolute atomic E-state index is 0.0585. The van der Waals surface area contributed by atoms with Crippen LogP contribution in [0.25, 0.3) is 0 Å². The van der Waals surface area contributed by atoms with Crippen molar-refractivity contribution in [3.05, 3.63) is 71.3 Å². The van der Waals surface area contributed by atoms with Crippen LogP contribution in [-0.4, -0.2) is 17.6 Å². The quantitative estimate of drug-likeness (QED) is 0.848. The topological polar surface area (TPSA) is 49.3 Å². The summed E-state index contributed by atoms with van der Waals surface area (Å²) in [6.07, 6.45) is -4.86. The van der Waals surface area contributed by atoms with Crippen molar-refractivity contribution >= 4 is 5.91 Å². The van der Waals surface area contributed by atoms with Gasteiger partial charge in [0.15, 0.2) is 0 Å². The Kier molecular flexibility index (Phi) is 5.98. The highest BCUT2D eigenvalue weighted by atomic mass is 19.4. The second kappa shape index (κ2) is 7.97. The third-order valence-electron chi connectivity index (χ3n) is 3.58. The first kappa shape index (κ1) is 18.0. The molecule has 0 heterocycles. The number of nitrogens with one attached hydrogen (secondary N) is 1. The number of hydrogen-bond acceptors (Lipinski definition) is 2. The Bertz CT molecular complexity index is 654. The van der Waals surface area contributed by atoms with Crippen molar-refractivity contribution < 1.29 is 23.1 Å². The number of aliphatic hydroxyl groups excluding tert-OH is 1. The molecule has 0 fully saturated rings. The molecule has 128 valence electrons. The van der Waals surface area contributed by atoms with Gasteiger partial charge in [-0.05, 0) is 29.7 Å². The van der Waals surface area contributed by atoms with Crippen molar-refractivity contribution in [3.8, 4) is 0 Å². The number of halogens is 3. The van der Waals surface area contributed by atoms with Gasteiger partial charge in [0, 0.05) is 6.54 Å². The zero-order valence-corrected chi connectivity index (χ0v) is 12.9. The maximum absolute atomic E-state index is 12.5. The lowest BCUT2D eigenvalue weighted by Crippen LogP contribution is -2.27. The lowest BCUT2D eigenvalue weighted by atomic mass is 10.1. The summed E-state index contributed by atoms with van der Waals surface area (Å²) in [5, 5.41) is 12.6. The van der Waals surface area contributed by atoms with Gasteiger partial charge in [-0.25, -0.2) is 0 Å². The molecule has 1 unspecified atom stereocenters. The Morgan fingerprint density at radius 3 is 2.25 bits per heavy atom. The van der Waals surface area contributed by atoms with Gasteiger partial charge in [0.2, 0.25) is 5.91 Å². The predicted octanol–water partition coefficient (Wildman–Crippen LogP) is 3.49. The number of rotatable bonds is 6. The third-order valence-corrected chi connectivity index (χ3v) is 3.58. The number of carbonyl (C=O) groups is 1. The van der Waals surface area contributed by atoms with Crippen LogP contribution in [0.4, 0.5) is 13.2 Å². The van der Waals surface area contributed by atoms with Crippen LogP contribution < -0.4 is 5.32 Å². The largest absolute Gasteiger partial charge is 0.416 e. The van der Waals surface area contributed by atoms with Crippen molar-refractivity contribution in [2.24, 2.45) is 0 Å². The summed E-state index contributed by atoms with van der Waals surface area (Å²) >= 11 is 0. The summed E-state index contributed by atoms with van der Waals surface area (Å²) in [7, 11) is 0. The van der Waals surface area contributed by atoms with Crippen molar-refractivity contribution in [1.82, 2.24) is 5.32 Å². The van der Waals surface area contributed by atoms with E-state index in [2.05, 4.69) is 5.32 Å². The fraction of sp³-hybridized carbons (Fsp3) is 0.278. The second-order valence-electron chi connectivity index (χ2n) is 5.43. The van der Waals surface area contributed by atoms with E-state index in [1.807, 2.05) is 6.07 Å². The van der Waals surface area contributed by atoms with Gasteiger partial charge in [0.05, 0.1) is 18.1 Å². The van der Waals surface area contributed by atoms with Gasteiger partial charge in [-0.2, -0.15) is 13.2 Å². The van der Waals surface area contributed by atoms with E-state index in [-0.39, 0.29) is 12.3 Å². The lowest BCUT2D eigenvalue weighted by Gasteiger charge is -2.11. The average Bonchev–Trinajstić information content (AvgIpc) is 2.55. The van der Waals surface area contributed by atoms with Crippen LogP contribution in [0.3, 0.4) is 0 Å². The molecule has 1 amide bonds. The zero-order valence-electron chi connectivity index (χ0n) is 12.9. The standard InChI is InChI=1S/C18H18F3NO2/c19-18(20,21)15-8-6-13(7-9-15)10-11-22-17(24)12-16(23)14-4-2-1-3-5-14/h1-9,16,23H,10-12H2,(H,22,24). The van der Waals surface area contributed by atoms with Crippen LogP contribution in [0, 0.1) is 0 Å². The first-order valence-corrected chi connectivity index (χ1v) is 7.52. The van der Waals surface area contributed by atoms with Crippen LogP contribution in [0.1, 0.15) is 29.2 Å². The van der Waals surface area contributed by atoms with Crippen LogP contribution in [-0.2, 0) is 17.4 Å². The molecule has 0 radical (unpaired) electrons. The second-order valence-corrected chi connectivity index (χ2v) is 5.43. The van der Waals surface area contributed by atoms with Crippen LogP contribution in [0.15, 0.2) is 54.6 Å². The molecule has 0 saturated heterocycles. The molecule has 1 atom stereocenters. The number of alkyl halides is 3. The van der Waals surface area contributed by atoms with Crippen LogP contribution in [0.5, 0.6) is 0 Å². The van der Waals surface area contributed by atoms with Gasteiger partial charge >= 0.3 is 6.18 Å². The van der Waals surface area contributed by atoms with E-state index in [0.29, 0.717) is 24.1 Å². The normalized spacial score (nSPS) is 12.7. The lowest BCUT2D eigenvalue weighted by molar-refractivity contribution is -0.137. The molecular formula is C18H18F3NO2. The van der Waals surface area contributed by atoms with Crippen molar-refractivity contribution in [1.29, 1.82) is 0 Å². The molecule has 2 aromatic carbocycles. The summed E-state index contributed by atoms with van der Waals surface area (Å²) in [6, 6.07) is 13.7. The number of amides is 1. The average molecular weight is 337 g/mol. The molecule has 0 aromatic heterocycles. The van der Waals surface area contributed by atoms with E-state index in [1.54, 1.807) is 24.3 Å². The smallest absolute Gasteiger partial charge is 0.388 e. The maximum atomic E-state index is 12.5. The molecule has 0 bridgehead atoms. The molecule has 0 aliphatic heterocycles. The Labute approximate surface area is 138 Å². The molecule has 2 rings (SSSR count). The highest BCUT2D eigenvalue weighted by molar-refractivity contribution is 5.76. The van der Waals surface area contributed by atoms with E-state index < -0.39 is 17.8 Å². The predicted molar refractivity (Wildman–Crippen MR) is 84.2 cm³/mol. The van der Waals surface area contributed by atoms with Crippen molar-refractivity contribution in [2.45, 2.75) is 25.1 Å². The van der Waals surface area contributed by atoms with Crippen LogP contribution >= 0.6 is 0 Å². The Hall–Kier alpha value is -2.34. The van der Waals surface area contributed by atoms with Gasteiger partial charge in [-0.15, -0.1) is 0 Å². The molecule has 0 saturated carbocycles. The minimum Gasteiger partial charge on any atom is -0.388 e. The Morgan fingerprint density at radius 1 is 1.04 bits per heavy atom. The summed E-state index contributed by atoms with van der Waals surface area (Å²) in [5.74, 6) is -0.307. The molecule has 24 heavy (non-hydrogen) atoms. The van der Waals surface area contributed by atoms with Gasteiger partial charge in [0.1, 0.15) is 0 Å². The molecule has 0 aliphatic carbocycles. The fourth-order valence-electron chi connectivity index (χ4n) is 2.25. The van der Waals surface area contributed by atoms with Gasteiger partial charge in [0.25, 0.3) is 0 Å². The number of benzene rings is 2. The summed E-state index contributed by atoms with van der Waals surface area (Å²) in [6.45, 7) is 0.297. The molecule has 6 heteroatoms. The van der Waals surface area contributed by atoms with E-state index in [9.17, 15) is 23.1 Å². The SMILES string of the molecule is O=C(CC(O)c1ccccc1)NCCc1ccc(C(F)(F)F)cc1. The highest BCUT2D eigenvalue weighted by Crippen LogP contribution is 2.29. The summed E-state index contributed by atoms with van der Waals surface area (Å²) < 4.78 is 37.4. The van der Waals surface area contributed by atoms with E-state index in [4.69, 9.17) is 0 Å². The fourth-order valence-corrected chi connectivity index (χ4v) is 2.25. The molecule has 0 aliphatic rings. The van der Waals surface area contributed by atoms with Crippen molar-refractivity contribution in [2.75, 3.05) is 6.54 Å². The molecular weight excluding hydrogens is 319 g/mol. The van der Waals surface area contributed by atoms with Crippen LogP contribution in [0.2, 0.25) is 0 Å². The number of aliphatic hydroxyl groups is 1. The zero-order chi connectivity index (χ0) is 17.6. The Balaban J connectivity index is 1.76. The highest BCUT2D eigenvalue weighted by Gasteiger charge is 2.29. The summed E-state index contributed by atoms with van der Waals surface area (Å²) in [5.41, 5.74) is 0.670. The molecule has 2 N–H and O–H groups in total. The number of hydrogen-bond donors (Lipinski definition) is 2.